The molecule has 142 valence electrons. The molecule has 0 bridgehead atoms. The number of thiocarbonyl (C=S) groups is 1. The van der Waals surface area contributed by atoms with E-state index in [0.29, 0.717) is 5.11 Å². The van der Waals surface area contributed by atoms with Gasteiger partial charge in [-0.15, -0.1) is 0 Å². The number of hydrogen-bond acceptors (Lipinski definition) is 3. The quantitative estimate of drug-likeness (QED) is 0.458. The summed E-state index contributed by atoms with van der Waals surface area (Å²) in [6.45, 7) is 11.3. The lowest BCUT2D eigenvalue weighted by molar-refractivity contribution is 0.300. The molecule has 0 amide bonds. The molecule has 1 aromatic heterocycles. The van der Waals surface area contributed by atoms with Crippen LogP contribution in [0.1, 0.15) is 31.4 Å². The number of benzene rings is 1. The summed E-state index contributed by atoms with van der Waals surface area (Å²) in [6.07, 6.45) is 3.03. The molecule has 0 spiro atoms. The normalized spacial score (nSPS) is 11.0. The van der Waals surface area contributed by atoms with Crippen molar-refractivity contribution in [2.24, 2.45) is 0 Å². The Morgan fingerprint density at radius 3 is 2.58 bits per heavy atom. The van der Waals surface area contributed by atoms with Gasteiger partial charge in [0.05, 0.1) is 11.0 Å². The van der Waals surface area contributed by atoms with Crippen molar-refractivity contribution in [1.82, 2.24) is 20.0 Å². The van der Waals surface area contributed by atoms with Crippen LogP contribution in [0, 0.1) is 6.92 Å². The SMILES string of the molecule is CCN(CC)CCCNC(=S)Nc1nn(Cc2ccc(C)cc2)cc1Br. The van der Waals surface area contributed by atoms with Crippen molar-refractivity contribution in [3.63, 3.8) is 0 Å². The highest BCUT2D eigenvalue weighted by atomic mass is 79.9. The average Bonchev–Trinajstić information content (AvgIpc) is 2.96. The predicted octanol–water partition coefficient (Wildman–Crippen LogP) is 4.02. The van der Waals surface area contributed by atoms with E-state index >= 15 is 0 Å². The Labute approximate surface area is 170 Å². The van der Waals surface area contributed by atoms with Crippen LogP contribution in [0.3, 0.4) is 0 Å². The predicted molar refractivity (Wildman–Crippen MR) is 117 cm³/mol. The maximum Gasteiger partial charge on any atom is 0.172 e. The Morgan fingerprint density at radius 1 is 1.23 bits per heavy atom. The van der Waals surface area contributed by atoms with Gasteiger partial charge in [-0.05, 0) is 66.7 Å². The number of aryl methyl sites for hydroxylation is 1. The molecular weight excluding hydrogens is 410 g/mol. The van der Waals surface area contributed by atoms with E-state index in [2.05, 4.69) is 81.6 Å². The minimum absolute atomic E-state index is 0.603. The maximum absolute atomic E-state index is 5.38. The van der Waals surface area contributed by atoms with E-state index in [4.69, 9.17) is 12.2 Å². The van der Waals surface area contributed by atoms with Crippen LogP contribution in [0.15, 0.2) is 34.9 Å². The highest BCUT2D eigenvalue weighted by molar-refractivity contribution is 9.10. The van der Waals surface area contributed by atoms with Crippen LogP contribution in [0.5, 0.6) is 0 Å². The molecule has 5 nitrogen and oxygen atoms in total. The first-order chi connectivity index (χ1) is 12.5. The summed E-state index contributed by atoms with van der Waals surface area (Å²) in [5, 5.41) is 11.6. The summed E-state index contributed by atoms with van der Waals surface area (Å²) < 4.78 is 2.80. The second-order valence-electron chi connectivity index (χ2n) is 6.27. The first kappa shape index (κ1) is 20.9. The number of anilines is 1. The number of hydrogen-bond donors (Lipinski definition) is 2. The third kappa shape index (κ3) is 6.70. The van der Waals surface area contributed by atoms with Crippen molar-refractivity contribution in [1.29, 1.82) is 0 Å². The van der Waals surface area contributed by atoms with Gasteiger partial charge in [0, 0.05) is 12.7 Å². The summed E-state index contributed by atoms with van der Waals surface area (Å²) in [5.74, 6) is 0.735. The Kier molecular flexibility index (Phi) is 8.54. The van der Waals surface area contributed by atoms with Crippen molar-refractivity contribution in [3.8, 4) is 0 Å². The molecular formula is C19H28BrN5S. The summed E-state index contributed by atoms with van der Waals surface area (Å²) in [7, 11) is 0. The fraction of sp³-hybridized carbons (Fsp3) is 0.474. The van der Waals surface area contributed by atoms with Crippen molar-refractivity contribution in [3.05, 3.63) is 46.1 Å². The molecule has 2 N–H and O–H groups in total. The van der Waals surface area contributed by atoms with Crippen LogP contribution < -0.4 is 10.6 Å². The fourth-order valence-electron chi connectivity index (χ4n) is 2.64. The van der Waals surface area contributed by atoms with Crippen molar-refractivity contribution in [2.45, 2.75) is 33.7 Å². The standard InChI is InChI=1S/C19H28BrN5S/c1-4-24(5-2)12-6-11-21-19(26)22-18-17(20)14-25(23-18)13-16-9-7-15(3)8-10-16/h7-10,14H,4-6,11-13H2,1-3H3,(H2,21,22,23,26). The molecule has 0 aliphatic carbocycles. The fourth-order valence-corrected chi connectivity index (χ4v) is 3.25. The molecule has 0 saturated carbocycles. The Hall–Kier alpha value is -1.44. The van der Waals surface area contributed by atoms with Gasteiger partial charge in [0.25, 0.3) is 0 Å². The van der Waals surface area contributed by atoms with Gasteiger partial charge in [0.15, 0.2) is 10.9 Å². The second kappa shape index (κ2) is 10.6. The molecule has 2 aromatic rings. The Morgan fingerprint density at radius 2 is 1.92 bits per heavy atom. The molecule has 0 fully saturated rings. The molecule has 1 aromatic carbocycles. The molecule has 0 saturated heterocycles. The zero-order chi connectivity index (χ0) is 18.9. The maximum atomic E-state index is 5.38. The summed E-state index contributed by atoms with van der Waals surface area (Å²) in [4.78, 5) is 2.40. The summed E-state index contributed by atoms with van der Waals surface area (Å²) in [5.41, 5.74) is 2.48. The molecule has 0 aliphatic rings. The van der Waals surface area contributed by atoms with Crippen LogP contribution in [-0.2, 0) is 6.54 Å². The highest BCUT2D eigenvalue weighted by Crippen LogP contribution is 2.20. The van der Waals surface area contributed by atoms with Gasteiger partial charge in [0.1, 0.15) is 0 Å². The molecule has 7 heteroatoms. The van der Waals surface area contributed by atoms with Crippen molar-refractivity contribution in [2.75, 3.05) is 31.5 Å². The highest BCUT2D eigenvalue weighted by Gasteiger charge is 2.09. The molecule has 0 atom stereocenters. The number of nitrogens with one attached hydrogen (secondary N) is 2. The number of halogens is 1. The van der Waals surface area contributed by atoms with Crippen LogP contribution in [-0.4, -0.2) is 46.0 Å². The lowest BCUT2D eigenvalue weighted by Crippen LogP contribution is -2.32. The third-order valence-electron chi connectivity index (χ3n) is 4.25. The van der Waals surface area contributed by atoms with Crippen LogP contribution in [0.2, 0.25) is 0 Å². The average molecular weight is 438 g/mol. The van der Waals surface area contributed by atoms with E-state index in [1.54, 1.807) is 0 Å². The molecule has 0 radical (unpaired) electrons. The monoisotopic (exact) mass is 437 g/mol. The van der Waals surface area contributed by atoms with Crippen LogP contribution >= 0.6 is 28.1 Å². The van der Waals surface area contributed by atoms with E-state index in [0.717, 1.165) is 49.4 Å². The number of nitrogens with zero attached hydrogens (tertiary/aromatic N) is 3. The topological polar surface area (TPSA) is 45.1 Å². The summed E-state index contributed by atoms with van der Waals surface area (Å²) >= 11 is 8.93. The minimum Gasteiger partial charge on any atom is -0.362 e. The third-order valence-corrected chi connectivity index (χ3v) is 5.07. The second-order valence-corrected chi connectivity index (χ2v) is 7.53. The lowest BCUT2D eigenvalue weighted by Gasteiger charge is -2.18. The van der Waals surface area contributed by atoms with Crippen molar-refractivity contribution < 1.29 is 0 Å². The molecule has 1 heterocycles. The zero-order valence-electron chi connectivity index (χ0n) is 15.8. The van der Waals surface area contributed by atoms with Crippen molar-refractivity contribution >= 4 is 39.1 Å². The van der Waals surface area contributed by atoms with E-state index in [9.17, 15) is 0 Å². The first-order valence-corrected chi connectivity index (χ1v) is 10.3. The number of rotatable bonds is 9. The van der Waals surface area contributed by atoms with Gasteiger partial charge < -0.3 is 15.5 Å². The smallest absolute Gasteiger partial charge is 0.172 e. The van der Waals surface area contributed by atoms with Crippen LogP contribution in [0.25, 0.3) is 0 Å². The van der Waals surface area contributed by atoms with E-state index in [1.165, 1.54) is 11.1 Å². The van der Waals surface area contributed by atoms with Gasteiger partial charge in [-0.25, -0.2) is 0 Å². The van der Waals surface area contributed by atoms with Gasteiger partial charge in [-0.2, -0.15) is 5.10 Å². The Balaban J connectivity index is 1.81. The largest absolute Gasteiger partial charge is 0.362 e. The molecule has 26 heavy (non-hydrogen) atoms. The van der Waals surface area contributed by atoms with Crippen LogP contribution in [0.4, 0.5) is 5.82 Å². The number of aromatic nitrogens is 2. The van der Waals surface area contributed by atoms with Gasteiger partial charge in [0.2, 0.25) is 0 Å². The van der Waals surface area contributed by atoms with Gasteiger partial charge in [-0.1, -0.05) is 43.7 Å². The van der Waals surface area contributed by atoms with E-state index in [1.807, 2.05) is 10.9 Å². The van der Waals surface area contributed by atoms with E-state index < -0.39 is 0 Å². The molecule has 0 unspecified atom stereocenters. The zero-order valence-corrected chi connectivity index (χ0v) is 18.2. The van der Waals surface area contributed by atoms with Gasteiger partial charge >= 0.3 is 0 Å². The molecule has 2 rings (SSSR count). The van der Waals surface area contributed by atoms with E-state index in [-0.39, 0.29) is 0 Å². The Bertz CT molecular complexity index is 694. The summed E-state index contributed by atoms with van der Waals surface area (Å²) in [6, 6.07) is 8.48. The molecule has 0 aliphatic heterocycles. The lowest BCUT2D eigenvalue weighted by atomic mass is 10.1. The first-order valence-electron chi connectivity index (χ1n) is 9.07. The minimum atomic E-state index is 0.603. The van der Waals surface area contributed by atoms with Gasteiger partial charge in [-0.3, -0.25) is 4.68 Å².